The van der Waals surface area contributed by atoms with Gasteiger partial charge in [0.25, 0.3) is 0 Å². The van der Waals surface area contributed by atoms with Crippen molar-refractivity contribution in [3.63, 3.8) is 0 Å². The van der Waals surface area contributed by atoms with Crippen LogP contribution in [0.4, 0.5) is 0 Å². The first-order chi connectivity index (χ1) is 14.8. The summed E-state index contributed by atoms with van der Waals surface area (Å²) < 4.78 is 11.4. The first-order valence-corrected chi connectivity index (χ1v) is 10.4. The molecule has 1 saturated carbocycles. The van der Waals surface area contributed by atoms with Gasteiger partial charge in [-0.15, -0.1) is 24.0 Å². The highest BCUT2D eigenvalue weighted by Gasteiger charge is 2.22. The standard InChI is InChI=1S/C23H27N5O2.HI/c1-2-24-23(26-13-18-10-11-25-21(12-18)29-15-17-8-9-17)27-14-20-16-30-22(28-20)19-6-4-3-5-7-19;/h3-7,10-12,16-17H,2,8-9,13-15H2,1H3,(H2,24,26,27);1H. The lowest BCUT2D eigenvalue weighted by molar-refractivity contribution is 0.288. The van der Waals surface area contributed by atoms with Crippen LogP contribution in [0.25, 0.3) is 11.5 Å². The van der Waals surface area contributed by atoms with E-state index >= 15 is 0 Å². The Labute approximate surface area is 199 Å². The van der Waals surface area contributed by atoms with E-state index in [1.807, 2.05) is 49.4 Å². The molecule has 7 nitrogen and oxygen atoms in total. The number of guanidine groups is 1. The number of oxazole rings is 1. The van der Waals surface area contributed by atoms with Crippen molar-refractivity contribution in [3.05, 3.63) is 66.2 Å². The number of hydrogen-bond donors (Lipinski definition) is 2. The molecule has 0 bridgehead atoms. The number of benzene rings is 1. The fourth-order valence-corrected chi connectivity index (χ4v) is 2.90. The van der Waals surface area contributed by atoms with E-state index < -0.39 is 0 Å². The predicted molar refractivity (Wildman–Crippen MR) is 131 cm³/mol. The van der Waals surface area contributed by atoms with E-state index in [-0.39, 0.29) is 24.0 Å². The molecule has 8 heteroatoms. The van der Waals surface area contributed by atoms with Crippen LogP contribution in [0.3, 0.4) is 0 Å². The fourth-order valence-electron chi connectivity index (χ4n) is 2.90. The maximum Gasteiger partial charge on any atom is 0.226 e. The molecule has 4 rings (SSSR count). The highest BCUT2D eigenvalue weighted by molar-refractivity contribution is 14.0. The maximum absolute atomic E-state index is 5.76. The highest BCUT2D eigenvalue weighted by atomic mass is 127. The Balaban J connectivity index is 0.00000272. The molecular weight excluding hydrogens is 505 g/mol. The van der Waals surface area contributed by atoms with Gasteiger partial charge in [-0.3, -0.25) is 0 Å². The molecule has 0 spiro atoms. The topological polar surface area (TPSA) is 84.6 Å². The van der Waals surface area contributed by atoms with Crippen molar-refractivity contribution in [2.45, 2.75) is 32.9 Å². The smallest absolute Gasteiger partial charge is 0.226 e. The maximum atomic E-state index is 5.76. The van der Waals surface area contributed by atoms with E-state index in [0.29, 0.717) is 30.8 Å². The second-order valence-electron chi connectivity index (χ2n) is 7.32. The number of hydrogen-bond acceptors (Lipinski definition) is 5. The van der Waals surface area contributed by atoms with Gasteiger partial charge in [0.15, 0.2) is 5.96 Å². The van der Waals surface area contributed by atoms with Crippen molar-refractivity contribution in [1.82, 2.24) is 20.6 Å². The summed E-state index contributed by atoms with van der Waals surface area (Å²) >= 11 is 0. The third-order valence-electron chi connectivity index (χ3n) is 4.74. The lowest BCUT2D eigenvalue weighted by Gasteiger charge is -2.10. The molecule has 2 heterocycles. The Morgan fingerprint density at radius 3 is 2.81 bits per heavy atom. The molecule has 0 unspecified atom stereocenters. The van der Waals surface area contributed by atoms with Crippen LogP contribution in [0.5, 0.6) is 5.88 Å². The minimum Gasteiger partial charge on any atom is -0.477 e. The van der Waals surface area contributed by atoms with Gasteiger partial charge in [0.2, 0.25) is 11.8 Å². The average Bonchev–Trinajstić information content (AvgIpc) is 3.50. The summed E-state index contributed by atoms with van der Waals surface area (Å²) in [5.41, 5.74) is 2.83. The number of rotatable bonds is 9. The highest BCUT2D eigenvalue weighted by Crippen LogP contribution is 2.29. The number of pyridine rings is 1. The number of nitrogens with one attached hydrogen (secondary N) is 2. The van der Waals surface area contributed by atoms with Crippen molar-refractivity contribution >= 4 is 29.9 Å². The van der Waals surface area contributed by atoms with E-state index in [4.69, 9.17) is 9.15 Å². The van der Waals surface area contributed by atoms with Crippen LogP contribution < -0.4 is 15.4 Å². The normalized spacial score (nSPS) is 13.4. The van der Waals surface area contributed by atoms with Gasteiger partial charge in [0.1, 0.15) is 6.26 Å². The Morgan fingerprint density at radius 2 is 2.03 bits per heavy atom. The van der Waals surface area contributed by atoms with Gasteiger partial charge < -0.3 is 19.8 Å². The van der Waals surface area contributed by atoms with Crippen molar-refractivity contribution in [1.29, 1.82) is 0 Å². The minimum absolute atomic E-state index is 0. The molecule has 31 heavy (non-hydrogen) atoms. The van der Waals surface area contributed by atoms with Gasteiger partial charge in [0, 0.05) is 24.4 Å². The van der Waals surface area contributed by atoms with E-state index in [9.17, 15) is 0 Å². The molecule has 2 N–H and O–H groups in total. The average molecular weight is 533 g/mol. The van der Waals surface area contributed by atoms with E-state index in [0.717, 1.165) is 35.9 Å². The van der Waals surface area contributed by atoms with Gasteiger partial charge in [-0.25, -0.2) is 15.0 Å². The zero-order valence-corrected chi connectivity index (χ0v) is 19.9. The van der Waals surface area contributed by atoms with Crippen molar-refractivity contribution in [2.75, 3.05) is 13.2 Å². The molecule has 1 aliphatic carbocycles. The van der Waals surface area contributed by atoms with E-state index in [1.54, 1.807) is 12.5 Å². The Morgan fingerprint density at radius 1 is 1.19 bits per heavy atom. The molecule has 1 aliphatic rings. The summed E-state index contributed by atoms with van der Waals surface area (Å²) in [6.07, 6.45) is 5.97. The van der Waals surface area contributed by atoms with Crippen LogP contribution in [-0.2, 0) is 13.1 Å². The monoisotopic (exact) mass is 533 g/mol. The van der Waals surface area contributed by atoms with Crippen molar-refractivity contribution < 1.29 is 9.15 Å². The van der Waals surface area contributed by atoms with Crippen LogP contribution in [0.1, 0.15) is 31.0 Å². The first kappa shape index (κ1) is 23.1. The van der Waals surface area contributed by atoms with Gasteiger partial charge in [0.05, 0.1) is 25.4 Å². The molecule has 3 aromatic rings. The summed E-state index contributed by atoms with van der Waals surface area (Å²) in [6.45, 7) is 4.62. The number of aliphatic imine (C=N–C) groups is 1. The Hall–Kier alpha value is -2.62. The Bertz CT molecular complexity index is 973. The summed E-state index contributed by atoms with van der Waals surface area (Å²) in [6, 6.07) is 13.8. The lowest BCUT2D eigenvalue weighted by Crippen LogP contribution is -2.36. The summed E-state index contributed by atoms with van der Waals surface area (Å²) in [4.78, 5) is 13.5. The predicted octanol–water partition coefficient (Wildman–Crippen LogP) is 4.40. The molecule has 0 saturated heterocycles. The quantitative estimate of drug-likeness (QED) is 0.241. The molecule has 0 radical (unpaired) electrons. The third kappa shape index (κ3) is 7.23. The SMILES string of the molecule is CCNC(=NCc1ccnc(OCC2CC2)c1)NCc1coc(-c2ccccc2)n1.I. The molecule has 0 atom stereocenters. The van der Waals surface area contributed by atoms with Crippen LogP contribution in [0.15, 0.2) is 64.3 Å². The lowest BCUT2D eigenvalue weighted by atomic mass is 10.2. The van der Waals surface area contributed by atoms with Crippen LogP contribution in [0, 0.1) is 5.92 Å². The molecule has 2 aromatic heterocycles. The molecule has 164 valence electrons. The van der Waals surface area contributed by atoms with Gasteiger partial charge in [-0.1, -0.05) is 18.2 Å². The minimum atomic E-state index is 0. The third-order valence-corrected chi connectivity index (χ3v) is 4.74. The molecule has 0 amide bonds. The van der Waals surface area contributed by atoms with Crippen LogP contribution in [0.2, 0.25) is 0 Å². The molecule has 1 fully saturated rings. The molecular formula is C23H28IN5O2. The van der Waals surface area contributed by atoms with Crippen LogP contribution in [-0.4, -0.2) is 29.1 Å². The fraction of sp³-hybridized carbons (Fsp3) is 0.348. The van der Waals surface area contributed by atoms with Gasteiger partial charge in [-0.2, -0.15) is 0 Å². The first-order valence-electron chi connectivity index (χ1n) is 10.4. The Kier molecular flexibility index (Phi) is 8.69. The van der Waals surface area contributed by atoms with Gasteiger partial charge in [-0.05, 0) is 49.4 Å². The second kappa shape index (κ2) is 11.7. The van der Waals surface area contributed by atoms with Crippen molar-refractivity contribution in [2.24, 2.45) is 10.9 Å². The summed E-state index contributed by atoms with van der Waals surface area (Å²) in [5, 5.41) is 6.56. The number of nitrogens with zero attached hydrogens (tertiary/aromatic N) is 3. The number of halogens is 1. The van der Waals surface area contributed by atoms with Crippen molar-refractivity contribution in [3.8, 4) is 17.3 Å². The van der Waals surface area contributed by atoms with E-state index in [1.165, 1.54) is 12.8 Å². The zero-order chi connectivity index (χ0) is 20.6. The zero-order valence-electron chi connectivity index (χ0n) is 17.6. The second-order valence-corrected chi connectivity index (χ2v) is 7.32. The number of ether oxygens (including phenoxy) is 1. The largest absolute Gasteiger partial charge is 0.477 e. The summed E-state index contributed by atoms with van der Waals surface area (Å²) in [5.74, 6) is 2.71. The van der Waals surface area contributed by atoms with Crippen LogP contribution >= 0.6 is 24.0 Å². The van der Waals surface area contributed by atoms with E-state index in [2.05, 4.69) is 25.6 Å². The molecule has 0 aliphatic heterocycles. The van der Waals surface area contributed by atoms with Gasteiger partial charge >= 0.3 is 0 Å². The number of aromatic nitrogens is 2. The summed E-state index contributed by atoms with van der Waals surface area (Å²) in [7, 11) is 0. The molecule has 1 aromatic carbocycles.